The number of aliphatic hydroxyl groups excluding tert-OH is 2. The van der Waals surface area contributed by atoms with Gasteiger partial charge in [0.25, 0.3) is 0 Å². The van der Waals surface area contributed by atoms with E-state index >= 15 is 0 Å². The molecule has 2 N–H and O–H groups in total. The number of ether oxygens (including phenoxy) is 1. The number of pyridine rings is 1. The molecule has 2 aromatic rings. The quantitative estimate of drug-likeness (QED) is 0.502. The lowest BCUT2D eigenvalue weighted by Gasteiger charge is -2.42. The highest BCUT2D eigenvalue weighted by atomic mass is 16.5. The summed E-state index contributed by atoms with van der Waals surface area (Å²) in [5.41, 5.74) is 1.74. The molecule has 2 atom stereocenters. The minimum Gasteiger partial charge on any atom is -0.497 e. The molecule has 1 aliphatic heterocycles. The van der Waals surface area contributed by atoms with Gasteiger partial charge in [-0.05, 0) is 49.2 Å². The van der Waals surface area contributed by atoms with Crippen LogP contribution in [0.4, 0.5) is 0 Å². The second kappa shape index (κ2) is 12.3. The van der Waals surface area contributed by atoms with Crippen molar-refractivity contribution in [1.82, 2.24) is 14.8 Å². The molecule has 6 heteroatoms. The van der Waals surface area contributed by atoms with Gasteiger partial charge in [0, 0.05) is 50.4 Å². The molecule has 1 fully saturated rings. The summed E-state index contributed by atoms with van der Waals surface area (Å²) in [5, 5.41) is 21.7. The smallest absolute Gasteiger partial charge is 0.119 e. The van der Waals surface area contributed by atoms with Crippen molar-refractivity contribution in [2.24, 2.45) is 0 Å². The van der Waals surface area contributed by atoms with E-state index in [1.165, 1.54) is 32.1 Å². The Balaban J connectivity index is 1.62. The number of aromatic nitrogens is 1. The van der Waals surface area contributed by atoms with Crippen LogP contribution in [-0.2, 0) is 0 Å². The number of benzene rings is 1. The lowest BCUT2D eigenvalue weighted by atomic mass is 10.0. The molecule has 31 heavy (non-hydrogen) atoms. The van der Waals surface area contributed by atoms with Crippen molar-refractivity contribution in [3.63, 3.8) is 0 Å². The summed E-state index contributed by atoms with van der Waals surface area (Å²) in [6.45, 7) is 7.03. The normalized spacial score (nSPS) is 19.0. The molecule has 1 aliphatic rings. The fourth-order valence-corrected chi connectivity index (χ4v) is 4.65. The summed E-state index contributed by atoms with van der Waals surface area (Å²) in [7, 11) is 1.65. The first kappa shape index (κ1) is 23.9. The van der Waals surface area contributed by atoms with Crippen LogP contribution < -0.4 is 4.74 Å². The van der Waals surface area contributed by atoms with E-state index < -0.39 is 6.10 Å². The Bertz CT molecular complexity index is 801. The van der Waals surface area contributed by atoms with Crippen molar-refractivity contribution in [2.75, 3.05) is 46.4 Å². The third-order valence-corrected chi connectivity index (χ3v) is 6.48. The molecule has 3 rings (SSSR count). The molecular formula is C25H39N3O3. The van der Waals surface area contributed by atoms with Crippen LogP contribution >= 0.6 is 0 Å². The van der Waals surface area contributed by atoms with Crippen molar-refractivity contribution in [1.29, 1.82) is 0 Å². The van der Waals surface area contributed by atoms with Gasteiger partial charge >= 0.3 is 0 Å². The number of hydrogen-bond donors (Lipinski definition) is 2. The second-order valence-electron chi connectivity index (χ2n) is 8.67. The first-order valence-electron chi connectivity index (χ1n) is 11.8. The Kier molecular flexibility index (Phi) is 9.53. The van der Waals surface area contributed by atoms with Crippen LogP contribution in [0.3, 0.4) is 0 Å². The zero-order valence-corrected chi connectivity index (χ0v) is 19.2. The second-order valence-corrected chi connectivity index (χ2v) is 8.67. The molecule has 172 valence electrons. The molecule has 6 nitrogen and oxygen atoms in total. The zero-order chi connectivity index (χ0) is 22.1. The standard InChI is InChI=1S/C25H39N3O3/c1-3-4-5-6-7-13-27-14-15-28(20(18-27)11-16-29)19-25(30)22-10-12-26-24-9-8-21(31-2)17-23(22)24/h8-10,12,17,20,25,29-30H,3-7,11,13-16,18-19H2,1-2H3/t20-,25-/m0/s1. The van der Waals surface area contributed by atoms with E-state index in [0.29, 0.717) is 6.54 Å². The lowest BCUT2D eigenvalue weighted by Crippen LogP contribution is -2.54. The Hall–Kier alpha value is -1.73. The Labute approximate surface area is 186 Å². The fourth-order valence-electron chi connectivity index (χ4n) is 4.65. The fraction of sp³-hybridized carbons (Fsp3) is 0.640. The van der Waals surface area contributed by atoms with Crippen LogP contribution in [0, 0.1) is 0 Å². The topological polar surface area (TPSA) is 69.1 Å². The molecule has 0 unspecified atom stereocenters. The Morgan fingerprint density at radius 3 is 2.77 bits per heavy atom. The summed E-state index contributed by atoms with van der Waals surface area (Å²) >= 11 is 0. The maximum absolute atomic E-state index is 11.1. The summed E-state index contributed by atoms with van der Waals surface area (Å²) in [4.78, 5) is 9.31. The van der Waals surface area contributed by atoms with Crippen LogP contribution in [0.25, 0.3) is 10.9 Å². The van der Waals surface area contributed by atoms with Gasteiger partial charge < -0.3 is 19.8 Å². The van der Waals surface area contributed by atoms with Gasteiger partial charge in [-0.3, -0.25) is 9.88 Å². The third-order valence-electron chi connectivity index (χ3n) is 6.48. The van der Waals surface area contributed by atoms with E-state index in [2.05, 4.69) is 21.7 Å². The Morgan fingerprint density at radius 1 is 1.16 bits per heavy atom. The predicted molar refractivity (Wildman–Crippen MR) is 126 cm³/mol. The predicted octanol–water partition coefficient (Wildman–Crippen LogP) is 3.62. The molecule has 1 aromatic carbocycles. The van der Waals surface area contributed by atoms with Crippen molar-refractivity contribution >= 4 is 10.9 Å². The molecular weight excluding hydrogens is 390 g/mol. The average molecular weight is 430 g/mol. The number of hydrogen-bond acceptors (Lipinski definition) is 6. The first-order valence-corrected chi connectivity index (χ1v) is 11.8. The molecule has 0 saturated carbocycles. The van der Waals surface area contributed by atoms with Gasteiger partial charge in [0.1, 0.15) is 5.75 Å². The van der Waals surface area contributed by atoms with Gasteiger partial charge in [0.15, 0.2) is 0 Å². The molecule has 1 saturated heterocycles. The number of β-amino-alcohol motifs (C(OH)–C–C–N with tert-alkyl or cyclic N) is 1. The van der Waals surface area contributed by atoms with E-state index in [0.717, 1.165) is 54.8 Å². The molecule has 0 amide bonds. The molecule has 0 radical (unpaired) electrons. The minimum atomic E-state index is -0.612. The van der Waals surface area contributed by atoms with E-state index in [4.69, 9.17) is 4.74 Å². The number of nitrogens with zero attached hydrogens (tertiary/aromatic N) is 3. The number of unbranched alkanes of at least 4 members (excludes halogenated alkanes) is 4. The summed E-state index contributed by atoms with van der Waals surface area (Å²) < 4.78 is 5.37. The minimum absolute atomic E-state index is 0.178. The maximum atomic E-state index is 11.1. The van der Waals surface area contributed by atoms with Gasteiger partial charge in [0.2, 0.25) is 0 Å². The molecule has 1 aromatic heterocycles. The van der Waals surface area contributed by atoms with Gasteiger partial charge in [-0.15, -0.1) is 0 Å². The number of piperazine rings is 1. The van der Waals surface area contributed by atoms with E-state index in [1.54, 1.807) is 13.3 Å². The summed E-state index contributed by atoms with van der Waals surface area (Å²) in [5.74, 6) is 0.764. The van der Waals surface area contributed by atoms with Gasteiger partial charge in [0.05, 0.1) is 18.7 Å². The van der Waals surface area contributed by atoms with Crippen LogP contribution in [0.1, 0.15) is 57.1 Å². The zero-order valence-electron chi connectivity index (χ0n) is 19.2. The SMILES string of the molecule is CCCCCCCN1CCN(C[C@H](O)c2ccnc3ccc(OC)cc23)[C@@H](CCO)C1. The molecule has 0 spiro atoms. The van der Waals surface area contributed by atoms with E-state index in [-0.39, 0.29) is 12.6 Å². The van der Waals surface area contributed by atoms with Crippen molar-refractivity contribution < 1.29 is 14.9 Å². The van der Waals surface area contributed by atoms with Crippen LogP contribution in [0.15, 0.2) is 30.5 Å². The van der Waals surface area contributed by atoms with Gasteiger partial charge in [-0.2, -0.15) is 0 Å². The highest BCUT2D eigenvalue weighted by molar-refractivity contribution is 5.83. The van der Waals surface area contributed by atoms with Crippen molar-refractivity contribution in [3.05, 3.63) is 36.0 Å². The lowest BCUT2D eigenvalue weighted by molar-refractivity contribution is 0.0226. The molecule has 0 bridgehead atoms. The third kappa shape index (κ3) is 6.62. The number of methoxy groups -OCH3 is 1. The average Bonchev–Trinajstić information content (AvgIpc) is 2.79. The van der Waals surface area contributed by atoms with Crippen LogP contribution in [-0.4, -0.2) is 77.5 Å². The van der Waals surface area contributed by atoms with Crippen LogP contribution in [0.2, 0.25) is 0 Å². The molecule has 0 aliphatic carbocycles. The summed E-state index contributed by atoms with van der Waals surface area (Å²) in [6, 6.07) is 7.94. The van der Waals surface area contributed by atoms with Gasteiger partial charge in [-0.25, -0.2) is 0 Å². The summed E-state index contributed by atoms with van der Waals surface area (Å²) in [6.07, 6.45) is 8.37. The highest BCUT2D eigenvalue weighted by Crippen LogP contribution is 2.28. The number of rotatable bonds is 12. The highest BCUT2D eigenvalue weighted by Gasteiger charge is 2.28. The Morgan fingerprint density at radius 2 is 2.00 bits per heavy atom. The van der Waals surface area contributed by atoms with Gasteiger partial charge in [-0.1, -0.05) is 32.6 Å². The number of fused-ring (bicyclic) bond motifs is 1. The largest absolute Gasteiger partial charge is 0.497 e. The van der Waals surface area contributed by atoms with Crippen molar-refractivity contribution in [2.45, 2.75) is 57.6 Å². The number of aliphatic hydroxyl groups is 2. The monoisotopic (exact) mass is 429 g/mol. The first-order chi connectivity index (χ1) is 15.2. The molecule has 2 heterocycles. The van der Waals surface area contributed by atoms with E-state index in [1.807, 2.05) is 24.3 Å². The van der Waals surface area contributed by atoms with Crippen LogP contribution in [0.5, 0.6) is 5.75 Å². The maximum Gasteiger partial charge on any atom is 0.119 e. The van der Waals surface area contributed by atoms with E-state index in [9.17, 15) is 10.2 Å². The van der Waals surface area contributed by atoms with Crippen molar-refractivity contribution in [3.8, 4) is 5.75 Å².